The molecule has 0 aliphatic carbocycles. The Morgan fingerprint density at radius 3 is 2.81 bits per heavy atom. The quantitative estimate of drug-likeness (QED) is 0.402. The summed E-state index contributed by atoms with van der Waals surface area (Å²) in [5.41, 5.74) is 4.23. The zero-order valence-corrected chi connectivity index (χ0v) is 18.4. The second-order valence-electron chi connectivity index (χ2n) is 8.09. The van der Waals surface area contributed by atoms with Gasteiger partial charge >= 0.3 is 5.97 Å². The van der Waals surface area contributed by atoms with Crippen LogP contribution >= 0.6 is 0 Å². The van der Waals surface area contributed by atoms with Crippen LogP contribution in [0.15, 0.2) is 48.8 Å². The summed E-state index contributed by atoms with van der Waals surface area (Å²) in [6, 6.07) is 12.0. The number of likely N-dealkylation sites (tertiary alicyclic amines) is 1. The third-order valence-corrected chi connectivity index (χ3v) is 6.13. The monoisotopic (exact) mass is 421 g/mol. The smallest absolute Gasteiger partial charge is 0.337 e. The molecule has 1 saturated heterocycles. The number of hydrogen-bond acceptors (Lipinski definition) is 5. The minimum absolute atomic E-state index is 0.283. The first-order valence-electron chi connectivity index (χ1n) is 11.1. The van der Waals surface area contributed by atoms with Gasteiger partial charge in [-0.2, -0.15) is 0 Å². The first kappa shape index (κ1) is 21.5. The van der Waals surface area contributed by atoms with Crippen LogP contribution in [0.5, 0.6) is 0 Å². The second-order valence-corrected chi connectivity index (χ2v) is 8.09. The lowest BCUT2D eigenvalue weighted by Crippen LogP contribution is -2.32. The molecule has 0 saturated carbocycles. The Labute approximate surface area is 183 Å². The van der Waals surface area contributed by atoms with Crippen molar-refractivity contribution in [3.05, 3.63) is 65.5 Å². The molecular weight excluding hydrogens is 390 g/mol. The lowest BCUT2D eigenvalue weighted by Gasteiger charge is -2.32. The minimum Gasteiger partial charge on any atom is -0.465 e. The van der Waals surface area contributed by atoms with Crippen LogP contribution in [0.4, 0.5) is 0 Å². The van der Waals surface area contributed by atoms with Crippen LogP contribution in [0, 0.1) is 0 Å². The number of ether oxygens (including phenoxy) is 2. The zero-order valence-electron chi connectivity index (χ0n) is 18.4. The second kappa shape index (κ2) is 10.1. The molecule has 3 heterocycles. The van der Waals surface area contributed by atoms with Crippen molar-refractivity contribution in [1.29, 1.82) is 0 Å². The molecule has 0 N–H and O–H groups in total. The molecule has 4 rings (SSSR count). The molecular formula is C25H31N3O3. The van der Waals surface area contributed by atoms with Crippen molar-refractivity contribution < 1.29 is 14.3 Å². The fourth-order valence-electron chi connectivity index (χ4n) is 4.53. The largest absolute Gasteiger partial charge is 0.465 e. The summed E-state index contributed by atoms with van der Waals surface area (Å²) in [5, 5.41) is 1.27. The van der Waals surface area contributed by atoms with Crippen LogP contribution in [-0.4, -0.2) is 53.8 Å². The van der Waals surface area contributed by atoms with E-state index >= 15 is 0 Å². The fraction of sp³-hybridized carbons (Fsp3) is 0.440. The summed E-state index contributed by atoms with van der Waals surface area (Å²) < 4.78 is 12.6. The highest BCUT2D eigenvalue weighted by molar-refractivity contribution is 5.89. The Hall–Kier alpha value is -2.70. The number of hydrogen-bond donors (Lipinski definition) is 0. The lowest BCUT2D eigenvalue weighted by atomic mass is 9.89. The summed E-state index contributed by atoms with van der Waals surface area (Å²) in [5.74, 6) is 0.257. The highest BCUT2D eigenvalue weighted by Crippen LogP contribution is 2.34. The summed E-state index contributed by atoms with van der Waals surface area (Å²) in [7, 11) is 1.42. The number of piperidine rings is 1. The van der Waals surface area contributed by atoms with Gasteiger partial charge in [0.1, 0.15) is 5.65 Å². The number of fused-ring (bicyclic) bond motifs is 1. The molecule has 6 nitrogen and oxygen atoms in total. The van der Waals surface area contributed by atoms with Crippen LogP contribution in [0.3, 0.4) is 0 Å². The van der Waals surface area contributed by atoms with E-state index in [2.05, 4.69) is 32.8 Å². The van der Waals surface area contributed by atoms with Crippen molar-refractivity contribution in [1.82, 2.24) is 14.5 Å². The molecule has 0 spiro atoms. The maximum Gasteiger partial charge on any atom is 0.337 e. The van der Waals surface area contributed by atoms with Gasteiger partial charge in [-0.3, -0.25) is 4.90 Å². The Balaban J connectivity index is 1.42. The van der Waals surface area contributed by atoms with Gasteiger partial charge in [-0.1, -0.05) is 12.1 Å². The van der Waals surface area contributed by atoms with Crippen LogP contribution in [0.25, 0.3) is 11.0 Å². The van der Waals surface area contributed by atoms with Gasteiger partial charge in [0, 0.05) is 37.5 Å². The van der Waals surface area contributed by atoms with E-state index in [1.807, 2.05) is 31.3 Å². The molecule has 0 radical (unpaired) electrons. The summed E-state index contributed by atoms with van der Waals surface area (Å²) in [6.45, 7) is 7.24. The molecule has 0 bridgehead atoms. The van der Waals surface area contributed by atoms with Crippen molar-refractivity contribution in [2.75, 3.05) is 33.4 Å². The van der Waals surface area contributed by atoms with Gasteiger partial charge in [-0.25, -0.2) is 9.78 Å². The third kappa shape index (κ3) is 4.97. The van der Waals surface area contributed by atoms with E-state index in [-0.39, 0.29) is 5.97 Å². The Kier molecular flexibility index (Phi) is 6.99. The van der Waals surface area contributed by atoms with Crippen molar-refractivity contribution >= 4 is 17.0 Å². The SMILES string of the molecule is CCOCCn1cc(C2CCN(Cc3cccc(C(=O)OC)c3)CC2)c2cccnc21. The number of carbonyl (C=O) groups excluding carboxylic acids is 1. The van der Waals surface area contributed by atoms with Gasteiger partial charge in [0.05, 0.1) is 19.3 Å². The number of esters is 1. The number of methoxy groups -OCH3 is 1. The predicted octanol–water partition coefficient (Wildman–Crippen LogP) is 4.24. The summed E-state index contributed by atoms with van der Waals surface area (Å²) in [6.07, 6.45) is 6.40. The van der Waals surface area contributed by atoms with E-state index < -0.39 is 0 Å². The average Bonchev–Trinajstić information content (AvgIpc) is 3.18. The molecule has 31 heavy (non-hydrogen) atoms. The molecule has 2 aromatic heterocycles. The molecule has 0 amide bonds. The molecule has 3 aromatic rings. The highest BCUT2D eigenvalue weighted by atomic mass is 16.5. The molecule has 164 valence electrons. The number of aromatic nitrogens is 2. The van der Waals surface area contributed by atoms with E-state index in [0.717, 1.165) is 56.8 Å². The standard InChI is InChI=1S/C25H31N3O3/c1-3-31-15-14-28-18-23(22-8-5-11-26-24(22)28)20-9-12-27(13-10-20)17-19-6-4-7-21(16-19)25(29)30-2/h4-8,11,16,18,20H,3,9-10,12-15,17H2,1-2H3. The predicted molar refractivity (Wildman–Crippen MR) is 121 cm³/mol. The van der Waals surface area contributed by atoms with Crippen LogP contribution in [0.2, 0.25) is 0 Å². The van der Waals surface area contributed by atoms with Crippen LogP contribution in [-0.2, 0) is 22.6 Å². The average molecular weight is 422 g/mol. The van der Waals surface area contributed by atoms with Crippen LogP contribution in [0.1, 0.15) is 47.2 Å². The normalized spacial score (nSPS) is 15.4. The minimum atomic E-state index is -0.283. The van der Waals surface area contributed by atoms with Gasteiger partial charge in [0.25, 0.3) is 0 Å². The molecule has 0 atom stereocenters. The lowest BCUT2D eigenvalue weighted by molar-refractivity contribution is 0.0600. The van der Waals surface area contributed by atoms with Crippen molar-refractivity contribution in [3.8, 4) is 0 Å². The van der Waals surface area contributed by atoms with E-state index in [1.165, 1.54) is 18.1 Å². The number of nitrogens with zero attached hydrogens (tertiary/aromatic N) is 3. The van der Waals surface area contributed by atoms with E-state index in [0.29, 0.717) is 18.1 Å². The number of carbonyl (C=O) groups is 1. The third-order valence-electron chi connectivity index (χ3n) is 6.13. The van der Waals surface area contributed by atoms with Gasteiger partial charge < -0.3 is 14.0 Å². The number of rotatable bonds is 8. The van der Waals surface area contributed by atoms with Crippen molar-refractivity contribution in [2.45, 2.75) is 38.8 Å². The highest BCUT2D eigenvalue weighted by Gasteiger charge is 2.24. The fourth-order valence-corrected chi connectivity index (χ4v) is 4.53. The molecule has 0 unspecified atom stereocenters. The van der Waals surface area contributed by atoms with Gasteiger partial charge in [-0.05, 0) is 74.2 Å². The molecule has 6 heteroatoms. The van der Waals surface area contributed by atoms with Crippen LogP contribution < -0.4 is 0 Å². The molecule has 1 aromatic carbocycles. The molecule has 1 aliphatic heterocycles. The number of pyridine rings is 1. The summed E-state index contributed by atoms with van der Waals surface area (Å²) >= 11 is 0. The first-order valence-corrected chi connectivity index (χ1v) is 11.1. The Morgan fingerprint density at radius 1 is 1.19 bits per heavy atom. The van der Waals surface area contributed by atoms with E-state index in [9.17, 15) is 4.79 Å². The Morgan fingerprint density at radius 2 is 2.03 bits per heavy atom. The Bertz CT molecular complexity index is 1020. The first-order chi connectivity index (χ1) is 15.2. The van der Waals surface area contributed by atoms with Crippen molar-refractivity contribution in [3.63, 3.8) is 0 Å². The molecule has 1 aliphatic rings. The molecule has 1 fully saturated rings. The van der Waals surface area contributed by atoms with E-state index in [1.54, 1.807) is 6.07 Å². The maximum atomic E-state index is 11.8. The van der Waals surface area contributed by atoms with Gasteiger partial charge in [0.2, 0.25) is 0 Å². The van der Waals surface area contributed by atoms with Gasteiger partial charge in [0.15, 0.2) is 0 Å². The summed E-state index contributed by atoms with van der Waals surface area (Å²) in [4.78, 5) is 18.9. The maximum absolute atomic E-state index is 11.8. The topological polar surface area (TPSA) is 56.6 Å². The van der Waals surface area contributed by atoms with E-state index in [4.69, 9.17) is 9.47 Å². The number of benzene rings is 1. The zero-order chi connectivity index (χ0) is 21.6. The van der Waals surface area contributed by atoms with Crippen molar-refractivity contribution in [2.24, 2.45) is 0 Å². The van der Waals surface area contributed by atoms with Gasteiger partial charge in [-0.15, -0.1) is 0 Å².